The SMILES string of the molecule is NC1C(O)OC(C[C@@H](O)[C@H]2OC(O)C(O)C2O)C(O)C1O. The largest absolute Gasteiger partial charge is 0.390 e. The van der Waals surface area contributed by atoms with Gasteiger partial charge in [0, 0.05) is 6.42 Å². The molecular weight excluding hydrogens is 290 g/mol. The average Bonchev–Trinajstić information content (AvgIpc) is 2.70. The molecule has 21 heavy (non-hydrogen) atoms. The molecule has 10 atom stereocenters. The summed E-state index contributed by atoms with van der Waals surface area (Å²) in [6.45, 7) is 0. The Bertz CT molecular complexity index is 359. The second-order valence-corrected chi connectivity index (χ2v) is 5.40. The highest BCUT2D eigenvalue weighted by atomic mass is 16.7. The van der Waals surface area contributed by atoms with E-state index in [-0.39, 0.29) is 6.42 Å². The van der Waals surface area contributed by atoms with E-state index >= 15 is 0 Å². The molecule has 0 bridgehead atoms. The summed E-state index contributed by atoms with van der Waals surface area (Å²) in [5, 5.41) is 67.1. The summed E-state index contributed by atoms with van der Waals surface area (Å²) in [6, 6.07) is -1.19. The number of nitrogens with two attached hydrogens (primary N) is 1. The molecule has 0 amide bonds. The lowest BCUT2D eigenvalue weighted by molar-refractivity contribution is -0.251. The summed E-state index contributed by atoms with van der Waals surface area (Å²) >= 11 is 0. The van der Waals surface area contributed by atoms with E-state index in [0.29, 0.717) is 0 Å². The van der Waals surface area contributed by atoms with Crippen molar-refractivity contribution < 1.29 is 45.2 Å². The van der Waals surface area contributed by atoms with Gasteiger partial charge < -0.3 is 51.0 Å². The van der Waals surface area contributed by atoms with Crippen LogP contribution in [-0.2, 0) is 9.47 Å². The second-order valence-electron chi connectivity index (χ2n) is 5.40. The zero-order valence-electron chi connectivity index (χ0n) is 11.0. The molecule has 10 heteroatoms. The Balaban J connectivity index is 1.98. The molecule has 0 spiro atoms. The molecule has 124 valence electrons. The lowest BCUT2D eigenvalue weighted by Gasteiger charge is -2.40. The van der Waals surface area contributed by atoms with Crippen molar-refractivity contribution in [2.75, 3.05) is 0 Å². The van der Waals surface area contributed by atoms with Crippen LogP contribution in [0.3, 0.4) is 0 Å². The van der Waals surface area contributed by atoms with E-state index in [1.807, 2.05) is 0 Å². The van der Waals surface area contributed by atoms with Crippen molar-refractivity contribution in [3.63, 3.8) is 0 Å². The van der Waals surface area contributed by atoms with Crippen LogP contribution in [-0.4, -0.2) is 97.1 Å². The molecule has 0 aromatic carbocycles. The van der Waals surface area contributed by atoms with Crippen molar-refractivity contribution in [2.45, 2.75) is 67.8 Å². The first-order valence-corrected chi connectivity index (χ1v) is 6.57. The van der Waals surface area contributed by atoms with Crippen molar-refractivity contribution in [3.05, 3.63) is 0 Å². The van der Waals surface area contributed by atoms with Gasteiger partial charge in [0.25, 0.3) is 0 Å². The highest BCUT2D eigenvalue weighted by molar-refractivity contribution is 4.95. The molecule has 2 aliphatic rings. The van der Waals surface area contributed by atoms with Gasteiger partial charge in [-0.15, -0.1) is 0 Å². The van der Waals surface area contributed by atoms with Crippen molar-refractivity contribution in [1.29, 1.82) is 0 Å². The van der Waals surface area contributed by atoms with Crippen molar-refractivity contribution in [1.82, 2.24) is 0 Å². The van der Waals surface area contributed by atoms with Gasteiger partial charge in [-0.1, -0.05) is 0 Å². The maximum atomic E-state index is 9.97. The van der Waals surface area contributed by atoms with Crippen LogP contribution in [0.1, 0.15) is 6.42 Å². The van der Waals surface area contributed by atoms with Crippen LogP contribution in [0.4, 0.5) is 0 Å². The number of hydrogen-bond donors (Lipinski definition) is 8. The maximum Gasteiger partial charge on any atom is 0.184 e. The van der Waals surface area contributed by atoms with E-state index in [1.165, 1.54) is 0 Å². The molecule has 2 rings (SSSR count). The zero-order chi connectivity index (χ0) is 15.9. The molecule has 2 fully saturated rings. The Kier molecular flexibility index (Phi) is 5.15. The van der Waals surface area contributed by atoms with Crippen LogP contribution in [0.2, 0.25) is 0 Å². The predicted molar refractivity (Wildman–Crippen MR) is 64.4 cm³/mol. The molecule has 2 saturated heterocycles. The third kappa shape index (κ3) is 3.19. The summed E-state index contributed by atoms with van der Waals surface area (Å²) in [4.78, 5) is 0. The van der Waals surface area contributed by atoms with Crippen LogP contribution < -0.4 is 5.73 Å². The van der Waals surface area contributed by atoms with Crippen LogP contribution in [0.15, 0.2) is 0 Å². The smallest absolute Gasteiger partial charge is 0.184 e. The normalized spacial score (nSPS) is 52.9. The third-order valence-corrected chi connectivity index (χ3v) is 3.90. The Morgan fingerprint density at radius 1 is 0.810 bits per heavy atom. The van der Waals surface area contributed by atoms with Crippen LogP contribution in [0, 0.1) is 0 Å². The Labute approximate surface area is 120 Å². The molecule has 2 aliphatic heterocycles. The van der Waals surface area contributed by atoms with Crippen molar-refractivity contribution >= 4 is 0 Å². The van der Waals surface area contributed by atoms with E-state index in [2.05, 4.69) is 0 Å². The summed E-state index contributed by atoms with van der Waals surface area (Å²) in [5.74, 6) is 0. The third-order valence-electron chi connectivity index (χ3n) is 3.90. The molecule has 0 aromatic heterocycles. The average molecular weight is 311 g/mol. The maximum absolute atomic E-state index is 9.97. The first-order chi connectivity index (χ1) is 9.73. The molecule has 9 N–H and O–H groups in total. The molecule has 10 nitrogen and oxygen atoms in total. The van der Waals surface area contributed by atoms with Crippen molar-refractivity contribution in [2.24, 2.45) is 5.73 Å². The minimum absolute atomic E-state index is 0.316. The van der Waals surface area contributed by atoms with Gasteiger partial charge in [0.2, 0.25) is 0 Å². The minimum atomic E-state index is -1.64. The van der Waals surface area contributed by atoms with E-state index in [9.17, 15) is 35.7 Å². The Morgan fingerprint density at radius 2 is 1.43 bits per heavy atom. The van der Waals surface area contributed by atoms with Gasteiger partial charge in [0.1, 0.15) is 30.5 Å². The summed E-state index contributed by atoms with van der Waals surface area (Å²) < 4.78 is 9.82. The number of hydrogen-bond acceptors (Lipinski definition) is 10. The molecular formula is C11H21NO9. The molecule has 2 heterocycles. The summed E-state index contributed by atoms with van der Waals surface area (Å²) in [6.07, 6.45) is -13.3. The van der Waals surface area contributed by atoms with E-state index in [1.54, 1.807) is 0 Å². The molecule has 0 aliphatic carbocycles. The van der Waals surface area contributed by atoms with Gasteiger partial charge in [-0.3, -0.25) is 0 Å². The fourth-order valence-corrected chi connectivity index (χ4v) is 2.54. The topological polar surface area (TPSA) is 186 Å². The zero-order valence-corrected chi connectivity index (χ0v) is 11.0. The van der Waals surface area contributed by atoms with E-state index in [4.69, 9.17) is 15.2 Å². The first-order valence-electron chi connectivity index (χ1n) is 6.57. The number of aliphatic hydroxyl groups excluding tert-OH is 7. The number of ether oxygens (including phenoxy) is 2. The van der Waals surface area contributed by atoms with Crippen LogP contribution in [0.25, 0.3) is 0 Å². The molecule has 0 saturated carbocycles. The second kappa shape index (κ2) is 6.38. The summed E-state index contributed by atoms with van der Waals surface area (Å²) in [5.41, 5.74) is 5.41. The van der Waals surface area contributed by atoms with Gasteiger partial charge in [0.15, 0.2) is 12.6 Å². The quantitative estimate of drug-likeness (QED) is 0.250. The monoisotopic (exact) mass is 311 g/mol. The first kappa shape index (κ1) is 17.0. The summed E-state index contributed by atoms with van der Waals surface area (Å²) in [7, 11) is 0. The van der Waals surface area contributed by atoms with Gasteiger partial charge in [-0.05, 0) is 0 Å². The van der Waals surface area contributed by atoms with E-state index < -0.39 is 61.3 Å². The number of aliphatic hydroxyl groups is 7. The lowest BCUT2D eigenvalue weighted by atomic mass is 9.92. The van der Waals surface area contributed by atoms with Gasteiger partial charge in [-0.2, -0.15) is 0 Å². The van der Waals surface area contributed by atoms with Crippen LogP contribution >= 0.6 is 0 Å². The predicted octanol–water partition coefficient (Wildman–Crippen LogP) is -5.06. The minimum Gasteiger partial charge on any atom is -0.390 e. The number of rotatable bonds is 3. The molecule has 8 unspecified atom stereocenters. The fraction of sp³-hybridized carbons (Fsp3) is 1.00. The molecule has 0 radical (unpaired) electrons. The van der Waals surface area contributed by atoms with Gasteiger partial charge in [-0.25, -0.2) is 0 Å². The Morgan fingerprint density at radius 3 is 1.95 bits per heavy atom. The van der Waals surface area contributed by atoms with Crippen molar-refractivity contribution in [3.8, 4) is 0 Å². The van der Waals surface area contributed by atoms with E-state index in [0.717, 1.165) is 0 Å². The highest BCUT2D eigenvalue weighted by Gasteiger charge is 2.48. The molecule has 0 aromatic rings. The fourth-order valence-electron chi connectivity index (χ4n) is 2.54. The standard InChI is InChI=1S/C11H21NO9/c12-4-6(15)5(14)3(20-10(4)18)1-2(13)9-7(16)8(17)11(19)21-9/h2-11,13-19H,1,12H2/t2-,3?,4?,5?,6?,7?,8?,9-,10?,11?/m1/s1. The van der Waals surface area contributed by atoms with Crippen LogP contribution in [0.5, 0.6) is 0 Å². The van der Waals surface area contributed by atoms with Gasteiger partial charge >= 0.3 is 0 Å². The lowest BCUT2D eigenvalue weighted by Crippen LogP contribution is -2.61. The van der Waals surface area contributed by atoms with Gasteiger partial charge in [0.05, 0.1) is 18.2 Å². The highest BCUT2D eigenvalue weighted by Crippen LogP contribution is 2.27. The Hall–Kier alpha value is -0.400.